The fourth-order valence-corrected chi connectivity index (χ4v) is 2.76. The smallest absolute Gasteiger partial charge is 0.329 e. The minimum atomic E-state index is -4.42. The molecule has 116 valence electrons. The van der Waals surface area contributed by atoms with Gasteiger partial charge in [0.15, 0.2) is 0 Å². The van der Waals surface area contributed by atoms with Crippen LogP contribution in [0.3, 0.4) is 0 Å². The highest BCUT2D eigenvalue weighted by atomic mass is 19.4. The highest BCUT2D eigenvalue weighted by molar-refractivity contribution is 5.96. The molecule has 1 aromatic rings. The molecule has 0 aromatic heterocycles. The zero-order valence-electron chi connectivity index (χ0n) is 11.9. The fourth-order valence-electron chi connectivity index (χ4n) is 2.76. The number of alkyl halides is 3. The average molecular weight is 300 g/mol. The van der Waals surface area contributed by atoms with Crippen molar-refractivity contribution >= 4 is 11.6 Å². The number of carbonyl (C=O) groups excluding carboxylic acids is 1. The summed E-state index contributed by atoms with van der Waals surface area (Å²) in [4.78, 5) is 12.4. The van der Waals surface area contributed by atoms with Crippen LogP contribution < -0.4 is 11.1 Å². The van der Waals surface area contributed by atoms with E-state index in [1.807, 2.05) is 0 Å². The van der Waals surface area contributed by atoms with E-state index in [1.165, 1.54) is 6.07 Å². The molecular formula is C15H19F3N2O. The third-order valence-electron chi connectivity index (χ3n) is 4.25. The minimum Gasteiger partial charge on any atom is -0.329 e. The van der Waals surface area contributed by atoms with Crippen LogP contribution in [0.25, 0.3) is 0 Å². The number of nitrogens with two attached hydrogens (primary N) is 1. The second kappa shape index (κ2) is 5.67. The number of hydrogen-bond donors (Lipinski definition) is 2. The first kappa shape index (κ1) is 15.8. The molecule has 21 heavy (non-hydrogen) atoms. The van der Waals surface area contributed by atoms with Crippen molar-refractivity contribution in [2.45, 2.75) is 38.8 Å². The zero-order chi connectivity index (χ0) is 15.7. The van der Waals surface area contributed by atoms with Gasteiger partial charge in [-0.1, -0.05) is 18.9 Å². The van der Waals surface area contributed by atoms with Crippen LogP contribution in [0.5, 0.6) is 0 Å². The summed E-state index contributed by atoms with van der Waals surface area (Å²) in [5.74, 6) is -0.273. The van der Waals surface area contributed by atoms with Crippen LogP contribution in [0.2, 0.25) is 0 Å². The summed E-state index contributed by atoms with van der Waals surface area (Å²) in [7, 11) is 0. The predicted molar refractivity (Wildman–Crippen MR) is 74.8 cm³/mol. The fraction of sp³-hybridized carbons (Fsp3) is 0.533. The largest absolute Gasteiger partial charge is 0.416 e. The van der Waals surface area contributed by atoms with E-state index in [9.17, 15) is 18.0 Å². The van der Waals surface area contributed by atoms with Gasteiger partial charge in [0.25, 0.3) is 0 Å². The molecule has 0 heterocycles. The molecule has 1 aromatic carbocycles. The number of carbonyl (C=O) groups is 1. The molecule has 3 N–H and O–H groups in total. The Hall–Kier alpha value is -1.56. The molecule has 0 atom stereocenters. The maximum atomic E-state index is 12.7. The molecule has 0 unspecified atom stereocenters. The highest BCUT2D eigenvalue weighted by Gasteiger charge is 2.40. The van der Waals surface area contributed by atoms with Crippen LogP contribution in [0.4, 0.5) is 18.9 Å². The molecule has 3 nitrogen and oxygen atoms in total. The van der Waals surface area contributed by atoms with Gasteiger partial charge in [-0.2, -0.15) is 13.2 Å². The van der Waals surface area contributed by atoms with Gasteiger partial charge in [0.1, 0.15) is 0 Å². The summed E-state index contributed by atoms with van der Waals surface area (Å²) in [5, 5.41) is 2.64. The van der Waals surface area contributed by atoms with E-state index in [2.05, 4.69) is 5.32 Å². The van der Waals surface area contributed by atoms with Gasteiger partial charge >= 0.3 is 6.18 Å². The Kier molecular flexibility index (Phi) is 4.27. The van der Waals surface area contributed by atoms with Gasteiger partial charge in [-0.05, 0) is 37.5 Å². The summed E-state index contributed by atoms with van der Waals surface area (Å²) in [5.41, 5.74) is 5.12. The molecule has 1 fully saturated rings. The topological polar surface area (TPSA) is 55.1 Å². The van der Waals surface area contributed by atoms with E-state index in [1.54, 1.807) is 6.92 Å². The monoisotopic (exact) mass is 300 g/mol. The van der Waals surface area contributed by atoms with Gasteiger partial charge in [-0.25, -0.2) is 0 Å². The molecule has 2 rings (SSSR count). The van der Waals surface area contributed by atoms with E-state index < -0.39 is 17.2 Å². The van der Waals surface area contributed by atoms with Crippen LogP contribution in [-0.4, -0.2) is 12.5 Å². The van der Waals surface area contributed by atoms with Crippen molar-refractivity contribution < 1.29 is 18.0 Å². The van der Waals surface area contributed by atoms with Crippen molar-refractivity contribution in [1.29, 1.82) is 0 Å². The minimum absolute atomic E-state index is 0.203. The third-order valence-corrected chi connectivity index (χ3v) is 4.25. The predicted octanol–water partition coefficient (Wildman–Crippen LogP) is 3.47. The van der Waals surface area contributed by atoms with Crippen LogP contribution in [0.15, 0.2) is 18.2 Å². The maximum Gasteiger partial charge on any atom is 0.416 e. The van der Waals surface area contributed by atoms with Gasteiger partial charge < -0.3 is 11.1 Å². The van der Waals surface area contributed by atoms with Crippen LogP contribution in [-0.2, 0) is 11.0 Å². The van der Waals surface area contributed by atoms with E-state index in [0.29, 0.717) is 18.4 Å². The molecule has 1 aliphatic rings. The molecule has 0 aliphatic heterocycles. The normalized spacial score (nSPS) is 17.8. The van der Waals surface area contributed by atoms with Crippen molar-refractivity contribution in [1.82, 2.24) is 0 Å². The summed E-state index contributed by atoms with van der Waals surface area (Å²) in [6.07, 6.45) is -1.20. The summed E-state index contributed by atoms with van der Waals surface area (Å²) >= 11 is 0. The third kappa shape index (κ3) is 3.20. The van der Waals surface area contributed by atoms with E-state index in [-0.39, 0.29) is 18.1 Å². The van der Waals surface area contributed by atoms with Crippen LogP contribution >= 0.6 is 0 Å². The zero-order valence-corrected chi connectivity index (χ0v) is 11.9. The summed E-state index contributed by atoms with van der Waals surface area (Å²) in [6, 6.07) is 3.36. The average Bonchev–Trinajstić information content (AvgIpc) is 2.90. The number of benzene rings is 1. The first-order chi connectivity index (χ1) is 9.78. The van der Waals surface area contributed by atoms with Crippen molar-refractivity contribution in [3.8, 4) is 0 Å². The van der Waals surface area contributed by atoms with Crippen molar-refractivity contribution in [2.75, 3.05) is 11.9 Å². The maximum absolute atomic E-state index is 12.7. The van der Waals surface area contributed by atoms with Crippen molar-refractivity contribution in [3.63, 3.8) is 0 Å². The second-order valence-electron chi connectivity index (χ2n) is 5.67. The lowest BCUT2D eigenvalue weighted by atomic mass is 9.85. The number of rotatable bonds is 3. The molecular weight excluding hydrogens is 281 g/mol. The standard InChI is InChI=1S/C15H19F3N2O/c1-10-4-5-11(15(16,17)18)8-12(10)20-13(21)14(9-19)6-2-3-7-14/h4-5,8H,2-3,6-7,9,19H2,1H3,(H,20,21). The first-order valence-corrected chi connectivity index (χ1v) is 6.98. The van der Waals surface area contributed by atoms with Gasteiger partial charge in [0.05, 0.1) is 11.0 Å². The number of hydrogen-bond acceptors (Lipinski definition) is 2. The van der Waals surface area contributed by atoms with Crippen molar-refractivity contribution in [2.24, 2.45) is 11.1 Å². The lowest BCUT2D eigenvalue weighted by Gasteiger charge is -2.26. The molecule has 1 saturated carbocycles. The SMILES string of the molecule is Cc1ccc(C(F)(F)F)cc1NC(=O)C1(CN)CCCC1. The Balaban J connectivity index is 2.25. The number of amides is 1. The molecule has 6 heteroatoms. The molecule has 1 aliphatic carbocycles. The number of anilines is 1. The molecule has 0 saturated heterocycles. The summed E-state index contributed by atoms with van der Waals surface area (Å²) in [6.45, 7) is 1.89. The number of aryl methyl sites for hydroxylation is 1. The van der Waals surface area contributed by atoms with E-state index in [0.717, 1.165) is 25.0 Å². The number of nitrogens with one attached hydrogen (secondary N) is 1. The van der Waals surface area contributed by atoms with E-state index in [4.69, 9.17) is 5.73 Å². The van der Waals surface area contributed by atoms with Crippen LogP contribution in [0, 0.1) is 12.3 Å². The number of halogens is 3. The quantitative estimate of drug-likeness (QED) is 0.898. The Morgan fingerprint density at radius 3 is 2.48 bits per heavy atom. The van der Waals surface area contributed by atoms with Gasteiger partial charge in [0.2, 0.25) is 5.91 Å². The molecule has 0 radical (unpaired) electrons. The van der Waals surface area contributed by atoms with Gasteiger partial charge in [-0.15, -0.1) is 0 Å². The summed E-state index contributed by atoms with van der Waals surface area (Å²) < 4.78 is 38.2. The van der Waals surface area contributed by atoms with Crippen LogP contribution in [0.1, 0.15) is 36.8 Å². The van der Waals surface area contributed by atoms with E-state index >= 15 is 0 Å². The van der Waals surface area contributed by atoms with Crippen molar-refractivity contribution in [3.05, 3.63) is 29.3 Å². The van der Waals surface area contributed by atoms with Gasteiger partial charge in [-0.3, -0.25) is 4.79 Å². The Labute approximate surface area is 121 Å². The molecule has 0 spiro atoms. The molecule has 1 amide bonds. The lowest BCUT2D eigenvalue weighted by molar-refractivity contribution is -0.137. The lowest BCUT2D eigenvalue weighted by Crippen LogP contribution is -2.40. The Morgan fingerprint density at radius 2 is 1.95 bits per heavy atom. The highest BCUT2D eigenvalue weighted by Crippen LogP contribution is 2.39. The molecule has 0 bridgehead atoms. The first-order valence-electron chi connectivity index (χ1n) is 6.98. The second-order valence-corrected chi connectivity index (χ2v) is 5.67. The Bertz CT molecular complexity index is 534. The van der Waals surface area contributed by atoms with Gasteiger partial charge in [0, 0.05) is 12.2 Å². The Morgan fingerprint density at radius 1 is 1.33 bits per heavy atom.